The fourth-order valence-corrected chi connectivity index (χ4v) is 2.63. The molecule has 1 heterocycles. The molecule has 1 aromatic heterocycles. The van der Waals surface area contributed by atoms with Gasteiger partial charge in [0, 0.05) is 25.0 Å². The molecular weight excluding hydrogens is 268 g/mol. The number of nitrogens with zero attached hydrogens (tertiary/aromatic N) is 2. The molecule has 3 N–H and O–H groups in total. The minimum Gasteiger partial charge on any atom is -0.376 e. The van der Waals surface area contributed by atoms with E-state index in [9.17, 15) is 4.79 Å². The van der Waals surface area contributed by atoms with Crippen molar-refractivity contribution >= 4 is 16.9 Å². The van der Waals surface area contributed by atoms with Crippen LogP contribution in [-0.2, 0) is 4.74 Å². The molecule has 2 aromatic rings. The predicted molar refractivity (Wildman–Crippen MR) is 78.8 cm³/mol. The first-order valence-corrected chi connectivity index (χ1v) is 7.08. The lowest BCUT2D eigenvalue weighted by Crippen LogP contribution is -2.64. The lowest BCUT2D eigenvalue weighted by atomic mass is 9.83. The average molecular weight is 286 g/mol. The summed E-state index contributed by atoms with van der Waals surface area (Å²) in [6, 6.07) is 5.16. The number of carbonyl (C=O) groups excluding carboxylic acids is 1. The zero-order valence-corrected chi connectivity index (χ0v) is 11.8. The molecular formula is C15H18N4O2. The van der Waals surface area contributed by atoms with Gasteiger partial charge in [0.05, 0.1) is 23.2 Å². The second kappa shape index (κ2) is 5.75. The highest BCUT2D eigenvalue weighted by atomic mass is 16.5. The maximum atomic E-state index is 12.5. The Morgan fingerprint density at radius 2 is 2.24 bits per heavy atom. The van der Waals surface area contributed by atoms with Crippen LogP contribution in [0.1, 0.15) is 23.7 Å². The van der Waals surface area contributed by atoms with E-state index in [1.165, 1.54) is 0 Å². The van der Waals surface area contributed by atoms with Crippen molar-refractivity contribution in [2.24, 2.45) is 5.73 Å². The number of aromatic nitrogens is 2. The third kappa shape index (κ3) is 2.59. The molecule has 3 atom stereocenters. The zero-order chi connectivity index (χ0) is 14.8. The van der Waals surface area contributed by atoms with E-state index < -0.39 is 0 Å². The van der Waals surface area contributed by atoms with E-state index in [4.69, 9.17) is 10.5 Å². The molecule has 110 valence electrons. The summed E-state index contributed by atoms with van der Waals surface area (Å²) in [5.74, 6) is -0.189. The summed E-state index contributed by atoms with van der Waals surface area (Å²) in [6.07, 6.45) is 3.96. The van der Waals surface area contributed by atoms with Crippen molar-refractivity contribution in [2.45, 2.75) is 31.5 Å². The molecule has 1 saturated carbocycles. The Labute approximate surface area is 122 Å². The number of benzene rings is 1. The second-order valence-corrected chi connectivity index (χ2v) is 5.12. The fraction of sp³-hybridized carbons (Fsp3) is 0.400. The molecule has 1 amide bonds. The van der Waals surface area contributed by atoms with Gasteiger partial charge in [0.15, 0.2) is 0 Å². The standard InChI is InChI=1S/C15H18N4O2/c1-2-21-12-8-10(16)14(12)19-15(20)9-4-3-5-11-13(9)18-7-6-17-11/h3-7,10,12,14H,2,8,16H2,1H3,(H,19,20). The van der Waals surface area contributed by atoms with Gasteiger partial charge in [-0.3, -0.25) is 14.8 Å². The Morgan fingerprint density at radius 1 is 1.43 bits per heavy atom. The van der Waals surface area contributed by atoms with Crippen LogP contribution < -0.4 is 11.1 Å². The Morgan fingerprint density at radius 3 is 3.00 bits per heavy atom. The monoisotopic (exact) mass is 286 g/mol. The number of hydrogen-bond donors (Lipinski definition) is 2. The van der Waals surface area contributed by atoms with E-state index in [1.807, 2.05) is 13.0 Å². The van der Waals surface area contributed by atoms with E-state index in [1.54, 1.807) is 24.5 Å². The van der Waals surface area contributed by atoms with Crippen LogP contribution >= 0.6 is 0 Å². The van der Waals surface area contributed by atoms with E-state index in [0.29, 0.717) is 23.2 Å². The van der Waals surface area contributed by atoms with Crippen LogP contribution in [-0.4, -0.2) is 40.7 Å². The van der Waals surface area contributed by atoms with Crippen LogP contribution in [0.5, 0.6) is 0 Å². The second-order valence-electron chi connectivity index (χ2n) is 5.12. The van der Waals surface area contributed by atoms with E-state index in [-0.39, 0.29) is 24.1 Å². The Balaban J connectivity index is 1.81. The van der Waals surface area contributed by atoms with E-state index >= 15 is 0 Å². The van der Waals surface area contributed by atoms with Gasteiger partial charge in [-0.2, -0.15) is 0 Å². The molecule has 6 heteroatoms. The summed E-state index contributed by atoms with van der Waals surface area (Å²) in [5, 5.41) is 2.95. The van der Waals surface area contributed by atoms with E-state index in [0.717, 1.165) is 6.42 Å². The van der Waals surface area contributed by atoms with Crippen molar-refractivity contribution in [3.63, 3.8) is 0 Å². The maximum Gasteiger partial charge on any atom is 0.253 e. The lowest BCUT2D eigenvalue weighted by molar-refractivity contribution is -0.0300. The van der Waals surface area contributed by atoms with Gasteiger partial charge >= 0.3 is 0 Å². The van der Waals surface area contributed by atoms with Gasteiger partial charge in [-0.05, 0) is 25.5 Å². The SMILES string of the molecule is CCOC1CC(N)C1NC(=O)c1cccc2nccnc12. The van der Waals surface area contributed by atoms with Gasteiger partial charge in [0.25, 0.3) is 5.91 Å². The highest BCUT2D eigenvalue weighted by Crippen LogP contribution is 2.23. The summed E-state index contributed by atoms with van der Waals surface area (Å²) in [4.78, 5) is 20.9. The summed E-state index contributed by atoms with van der Waals surface area (Å²) in [6.45, 7) is 2.55. The number of rotatable bonds is 4. The minimum absolute atomic E-state index is 0.00462. The molecule has 0 radical (unpaired) electrons. The van der Waals surface area contributed by atoms with Gasteiger partial charge in [-0.25, -0.2) is 0 Å². The van der Waals surface area contributed by atoms with Crippen LogP contribution in [0.25, 0.3) is 11.0 Å². The number of nitrogens with two attached hydrogens (primary N) is 1. The molecule has 6 nitrogen and oxygen atoms in total. The maximum absolute atomic E-state index is 12.5. The predicted octanol–water partition coefficient (Wildman–Crippen LogP) is 0.864. The molecule has 0 spiro atoms. The van der Waals surface area contributed by atoms with Crippen molar-refractivity contribution in [2.75, 3.05) is 6.61 Å². The number of fused-ring (bicyclic) bond motifs is 1. The van der Waals surface area contributed by atoms with Gasteiger partial charge in [0.1, 0.15) is 5.52 Å². The molecule has 1 aliphatic rings. The van der Waals surface area contributed by atoms with Crippen LogP contribution in [0.2, 0.25) is 0 Å². The highest BCUT2D eigenvalue weighted by Gasteiger charge is 2.40. The van der Waals surface area contributed by atoms with Crippen LogP contribution in [0.4, 0.5) is 0 Å². The number of carbonyl (C=O) groups is 1. The first kappa shape index (κ1) is 13.9. The summed E-state index contributed by atoms with van der Waals surface area (Å²) >= 11 is 0. The van der Waals surface area contributed by atoms with Crippen molar-refractivity contribution in [1.29, 1.82) is 0 Å². The zero-order valence-electron chi connectivity index (χ0n) is 11.8. The normalized spacial score (nSPS) is 24.6. The lowest BCUT2D eigenvalue weighted by Gasteiger charge is -2.42. The molecule has 21 heavy (non-hydrogen) atoms. The number of hydrogen-bond acceptors (Lipinski definition) is 5. The Kier molecular flexibility index (Phi) is 3.81. The quantitative estimate of drug-likeness (QED) is 0.870. The van der Waals surface area contributed by atoms with Crippen LogP contribution in [0.15, 0.2) is 30.6 Å². The Bertz CT molecular complexity index is 654. The first-order valence-electron chi connectivity index (χ1n) is 7.08. The van der Waals surface area contributed by atoms with Gasteiger partial charge in [0.2, 0.25) is 0 Å². The van der Waals surface area contributed by atoms with Crippen molar-refractivity contribution in [3.8, 4) is 0 Å². The van der Waals surface area contributed by atoms with Crippen molar-refractivity contribution < 1.29 is 9.53 Å². The number of nitrogens with one attached hydrogen (secondary N) is 1. The highest BCUT2D eigenvalue weighted by molar-refractivity contribution is 6.04. The van der Waals surface area contributed by atoms with Crippen LogP contribution in [0.3, 0.4) is 0 Å². The van der Waals surface area contributed by atoms with Crippen LogP contribution in [0, 0.1) is 0 Å². The largest absolute Gasteiger partial charge is 0.376 e. The molecule has 1 aliphatic carbocycles. The topological polar surface area (TPSA) is 90.1 Å². The summed E-state index contributed by atoms with van der Waals surface area (Å²) in [5.41, 5.74) is 7.76. The Hall–Kier alpha value is -2.05. The third-order valence-corrected chi connectivity index (χ3v) is 3.79. The number of ether oxygens (including phenoxy) is 1. The minimum atomic E-state index is -0.189. The molecule has 3 unspecified atom stereocenters. The van der Waals surface area contributed by atoms with Crippen molar-refractivity contribution in [3.05, 3.63) is 36.2 Å². The molecule has 0 aliphatic heterocycles. The number of amides is 1. The molecule has 0 saturated heterocycles. The van der Waals surface area contributed by atoms with E-state index in [2.05, 4.69) is 15.3 Å². The summed E-state index contributed by atoms with van der Waals surface area (Å²) in [7, 11) is 0. The van der Waals surface area contributed by atoms with Gasteiger partial charge in [-0.15, -0.1) is 0 Å². The number of para-hydroxylation sites is 1. The van der Waals surface area contributed by atoms with Gasteiger partial charge in [-0.1, -0.05) is 6.07 Å². The molecule has 1 aromatic carbocycles. The third-order valence-electron chi connectivity index (χ3n) is 3.79. The average Bonchev–Trinajstić information content (AvgIpc) is 2.51. The fourth-order valence-electron chi connectivity index (χ4n) is 2.63. The van der Waals surface area contributed by atoms with Crippen molar-refractivity contribution in [1.82, 2.24) is 15.3 Å². The molecule has 0 bridgehead atoms. The van der Waals surface area contributed by atoms with Gasteiger partial charge < -0.3 is 15.8 Å². The molecule has 3 rings (SSSR count). The molecule has 1 fully saturated rings. The summed E-state index contributed by atoms with van der Waals surface area (Å²) < 4.78 is 5.56. The first-order chi connectivity index (χ1) is 10.2. The smallest absolute Gasteiger partial charge is 0.253 e.